The molecular formula is C13H14BrF2NO2. The molecule has 2 rings (SSSR count). The highest BCUT2D eigenvalue weighted by molar-refractivity contribution is 9.10. The topological polar surface area (TPSA) is 49.3 Å². The molecule has 0 unspecified atom stereocenters. The van der Waals surface area contributed by atoms with Crippen LogP contribution in [-0.2, 0) is 11.2 Å². The van der Waals surface area contributed by atoms with E-state index in [4.69, 9.17) is 0 Å². The maximum absolute atomic E-state index is 14.0. The summed E-state index contributed by atoms with van der Waals surface area (Å²) < 4.78 is 27.9. The zero-order valence-corrected chi connectivity index (χ0v) is 11.8. The summed E-state index contributed by atoms with van der Waals surface area (Å²) in [6.45, 7) is 1.09. The van der Waals surface area contributed by atoms with Crippen molar-refractivity contribution in [3.8, 4) is 0 Å². The van der Waals surface area contributed by atoms with Crippen molar-refractivity contribution in [1.82, 2.24) is 5.32 Å². The van der Waals surface area contributed by atoms with Crippen molar-refractivity contribution in [3.05, 3.63) is 33.8 Å². The first-order chi connectivity index (χ1) is 8.96. The molecule has 0 saturated carbocycles. The van der Waals surface area contributed by atoms with E-state index in [0.29, 0.717) is 25.9 Å². The van der Waals surface area contributed by atoms with Crippen LogP contribution >= 0.6 is 15.9 Å². The Morgan fingerprint density at radius 1 is 1.37 bits per heavy atom. The summed E-state index contributed by atoms with van der Waals surface area (Å²) in [5, 5.41) is 12.5. The highest BCUT2D eigenvalue weighted by Gasteiger charge is 2.41. The molecule has 0 aliphatic carbocycles. The van der Waals surface area contributed by atoms with Gasteiger partial charge in [0.1, 0.15) is 11.6 Å². The van der Waals surface area contributed by atoms with Crippen LogP contribution in [0.25, 0.3) is 0 Å². The molecule has 6 heteroatoms. The van der Waals surface area contributed by atoms with Gasteiger partial charge in [0.2, 0.25) is 0 Å². The van der Waals surface area contributed by atoms with Gasteiger partial charge in [-0.2, -0.15) is 0 Å². The Bertz CT molecular complexity index is 502. The number of aliphatic carboxylic acids is 1. The average molecular weight is 334 g/mol. The third-order valence-electron chi connectivity index (χ3n) is 3.67. The highest BCUT2D eigenvalue weighted by Crippen LogP contribution is 2.36. The SMILES string of the molecule is O=C(O)C1(Cc2c(F)ccc(Br)c2F)CCNCC1. The lowest BCUT2D eigenvalue weighted by molar-refractivity contribution is -0.150. The molecule has 1 aliphatic heterocycles. The second-order valence-corrected chi connectivity index (χ2v) is 5.69. The number of carboxylic acid groups (broad SMARTS) is 1. The van der Waals surface area contributed by atoms with E-state index in [2.05, 4.69) is 21.2 Å². The van der Waals surface area contributed by atoms with Crippen molar-refractivity contribution in [1.29, 1.82) is 0 Å². The van der Waals surface area contributed by atoms with Gasteiger partial charge in [-0.15, -0.1) is 0 Å². The van der Waals surface area contributed by atoms with Crippen LogP contribution in [0.4, 0.5) is 8.78 Å². The Morgan fingerprint density at radius 2 is 2.00 bits per heavy atom. The smallest absolute Gasteiger partial charge is 0.310 e. The van der Waals surface area contributed by atoms with Gasteiger partial charge in [0.15, 0.2) is 0 Å². The molecule has 1 aromatic rings. The zero-order valence-electron chi connectivity index (χ0n) is 10.2. The summed E-state index contributed by atoms with van der Waals surface area (Å²) in [5.74, 6) is -2.40. The standard InChI is InChI=1S/C13H14BrF2NO2/c14-9-1-2-10(15)8(11(9)16)7-13(12(18)19)3-5-17-6-4-13/h1-2,17H,3-7H2,(H,18,19). The molecule has 1 heterocycles. The fraction of sp³-hybridized carbons (Fsp3) is 0.462. The maximum Gasteiger partial charge on any atom is 0.310 e. The third kappa shape index (κ3) is 2.79. The van der Waals surface area contributed by atoms with E-state index in [0.717, 1.165) is 6.07 Å². The van der Waals surface area contributed by atoms with Gasteiger partial charge in [0.25, 0.3) is 0 Å². The molecule has 0 bridgehead atoms. The van der Waals surface area contributed by atoms with Gasteiger partial charge in [-0.3, -0.25) is 4.79 Å². The molecule has 0 amide bonds. The molecule has 1 aromatic carbocycles. The number of nitrogens with one attached hydrogen (secondary N) is 1. The van der Waals surface area contributed by atoms with Crippen LogP contribution in [-0.4, -0.2) is 24.2 Å². The number of carbonyl (C=O) groups is 1. The summed E-state index contributed by atoms with van der Waals surface area (Å²) in [6, 6.07) is 2.43. The minimum atomic E-state index is -1.09. The Kier molecular flexibility index (Phi) is 4.20. The van der Waals surface area contributed by atoms with Crippen molar-refractivity contribution in [2.24, 2.45) is 5.41 Å². The van der Waals surface area contributed by atoms with Crippen LogP contribution in [0, 0.1) is 17.0 Å². The number of hydrogen-bond donors (Lipinski definition) is 2. The number of hydrogen-bond acceptors (Lipinski definition) is 2. The summed E-state index contributed by atoms with van der Waals surface area (Å²) in [5.41, 5.74) is -1.24. The van der Waals surface area contributed by atoms with Crippen LogP contribution in [0.3, 0.4) is 0 Å². The van der Waals surface area contributed by atoms with E-state index in [1.54, 1.807) is 0 Å². The van der Waals surface area contributed by atoms with Crippen molar-refractivity contribution in [3.63, 3.8) is 0 Å². The Morgan fingerprint density at radius 3 is 2.58 bits per heavy atom. The number of piperidine rings is 1. The monoisotopic (exact) mass is 333 g/mol. The van der Waals surface area contributed by atoms with Gasteiger partial charge >= 0.3 is 5.97 Å². The Balaban J connectivity index is 2.37. The molecule has 1 fully saturated rings. The molecule has 3 nitrogen and oxygen atoms in total. The van der Waals surface area contributed by atoms with Gasteiger partial charge in [-0.25, -0.2) is 8.78 Å². The molecule has 104 valence electrons. The molecule has 2 N–H and O–H groups in total. The van der Waals surface area contributed by atoms with Crippen molar-refractivity contribution < 1.29 is 18.7 Å². The largest absolute Gasteiger partial charge is 0.481 e. The van der Waals surface area contributed by atoms with Crippen molar-refractivity contribution in [2.75, 3.05) is 13.1 Å². The maximum atomic E-state index is 14.0. The molecule has 1 aliphatic rings. The molecule has 1 saturated heterocycles. The quantitative estimate of drug-likeness (QED) is 0.836. The number of benzene rings is 1. The lowest BCUT2D eigenvalue weighted by Crippen LogP contribution is -2.44. The van der Waals surface area contributed by atoms with E-state index in [1.807, 2.05) is 0 Å². The molecule has 0 atom stereocenters. The molecular weight excluding hydrogens is 320 g/mol. The number of halogens is 3. The zero-order chi connectivity index (χ0) is 14.0. The van der Waals surface area contributed by atoms with Crippen molar-refractivity contribution in [2.45, 2.75) is 19.3 Å². The molecule has 0 radical (unpaired) electrons. The first-order valence-corrected chi connectivity index (χ1v) is 6.82. The second kappa shape index (κ2) is 5.54. The highest BCUT2D eigenvalue weighted by atomic mass is 79.9. The number of carboxylic acids is 1. The average Bonchev–Trinajstić information content (AvgIpc) is 2.40. The first kappa shape index (κ1) is 14.4. The van der Waals surface area contributed by atoms with Crippen molar-refractivity contribution >= 4 is 21.9 Å². The molecule has 19 heavy (non-hydrogen) atoms. The van der Waals surface area contributed by atoms with Gasteiger partial charge in [0.05, 0.1) is 9.89 Å². The number of rotatable bonds is 3. The summed E-state index contributed by atoms with van der Waals surface area (Å²) in [6.07, 6.45) is 0.614. The molecule has 0 aromatic heterocycles. The predicted octanol–water partition coefficient (Wildman–Crippen LogP) is 2.72. The lowest BCUT2D eigenvalue weighted by Gasteiger charge is -2.33. The van der Waals surface area contributed by atoms with Crippen LogP contribution < -0.4 is 5.32 Å². The third-order valence-corrected chi connectivity index (χ3v) is 4.28. The molecule has 0 spiro atoms. The minimum Gasteiger partial charge on any atom is -0.481 e. The first-order valence-electron chi connectivity index (χ1n) is 6.03. The van der Waals surface area contributed by atoms with E-state index in [9.17, 15) is 18.7 Å². The lowest BCUT2D eigenvalue weighted by atomic mass is 9.74. The van der Waals surface area contributed by atoms with Crippen LogP contribution in [0.2, 0.25) is 0 Å². The summed E-state index contributed by atoms with van der Waals surface area (Å²) in [7, 11) is 0. The van der Waals surface area contributed by atoms with Gasteiger partial charge in [0, 0.05) is 5.56 Å². The normalized spacial score (nSPS) is 18.3. The fourth-order valence-corrected chi connectivity index (χ4v) is 2.81. The van der Waals surface area contributed by atoms with Gasteiger partial charge in [-0.1, -0.05) is 0 Å². The fourth-order valence-electron chi connectivity index (χ4n) is 2.44. The van der Waals surface area contributed by atoms with Gasteiger partial charge in [-0.05, 0) is 60.4 Å². The van der Waals surface area contributed by atoms with E-state index < -0.39 is 23.0 Å². The van der Waals surface area contributed by atoms with E-state index >= 15 is 0 Å². The Hall–Kier alpha value is -1.01. The second-order valence-electron chi connectivity index (χ2n) is 4.83. The minimum absolute atomic E-state index is 0.124. The van der Waals surface area contributed by atoms with Crippen LogP contribution in [0.15, 0.2) is 16.6 Å². The van der Waals surface area contributed by atoms with E-state index in [-0.39, 0.29) is 16.5 Å². The summed E-state index contributed by atoms with van der Waals surface area (Å²) in [4.78, 5) is 11.5. The van der Waals surface area contributed by atoms with E-state index in [1.165, 1.54) is 6.07 Å². The summed E-state index contributed by atoms with van der Waals surface area (Å²) >= 11 is 3.00. The van der Waals surface area contributed by atoms with Crippen LogP contribution in [0.5, 0.6) is 0 Å². The van der Waals surface area contributed by atoms with Crippen LogP contribution in [0.1, 0.15) is 18.4 Å². The Labute approximate surface area is 118 Å². The predicted molar refractivity (Wildman–Crippen MR) is 69.9 cm³/mol. The van der Waals surface area contributed by atoms with Gasteiger partial charge < -0.3 is 10.4 Å².